The van der Waals surface area contributed by atoms with Crippen molar-refractivity contribution in [3.63, 3.8) is 0 Å². The number of pyridine rings is 2. The maximum absolute atomic E-state index is 13.0. The summed E-state index contributed by atoms with van der Waals surface area (Å²) in [4.78, 5) is 28.5. The van der Waals surface area contributed by atoms with Crippen LogP contribution in [-0.4, -0.2) is 36.3 Å². The number of alkyl halides is 3. The van der Waals surface area contributed by atoms with Crippen LogP contribution < -0.4 is 10.1 Å². The standard InChI is InChI=1S/C20H14ClF3N6O2/c1-11(19(31)29-16-6-13(20(22,23)24)14(21)8-26-16)32-18-3-2-12(7-28-18)15-9-27-17-10-25-4-5-30(15)17/h2-11H,1H3,(H,26,29,31). The maximum Gasteiger partial charge on any atom is 0.418 e. The first-order valence-corrected chi connectivity index (χ1v) is 9.54. The van der Waals surface area contributed by atoms with E-state index in [9.17, 15) is 18.0 Å². The van der Waals surface area contributed by atoms with Gasteiger partial charge in [0.2, 0.25) is 5.88 Å². The van der Waals surface area contributed by atoms with E-state index in [1.807, 2.05) is 4.40 Å². The van der Waals surface area contributed by atoms with Gasteiger partial charge in [-0.05, 0) is 19.1 Å². The monoisotopic (exact) mass is 462 g/mol. The van der Waals surface area contributed by atoms with Gasteiger partial charge in [0, 0.05) is 36.4 Å². The molecule has 12 heteroatoms. The third-order valence-corrected chi connectivity index (χ3v) is 4.73. The van der Waals surface area contributed by atoms with Crippen LogP contribution in [0, 0.1) is 0 Å². The topological polar surface area (TPSA) is 94.3 Å². The molecule has 1 N–H and O–H groups in total. The van der Waals surface area contributed by atoms with Crippen molar-refractivity contribution >= 4 is 29.0 Å². The van der Waals surface area contributed by atoms with Crippen LogP contribution in [0.2, 0.25) is 5.02 Å². The number of amides is 1. The summed E-state index contributed by atoms with van der Waals surface area (Å²) in [6, 6.07) is 3.97. The van der Waals surface area contributed by atoms with Crippen molar-refractivity contribution in [1.82, 2.24) is 24.3 Å². The summed E-state index contributed by atoms with van der Waals surface area (Å²) in [6.45, 7) is 1.43. The molecule has 8 nitrogen and oxygen atoms in total. The van der Waals surface area contributed by atoms with Gasteiger partial charge in [-0.1, -0.05) is 11.6 Å². The number of hydrogen-bond donors (Lipinski definition) is 1. The Morgan fingerprint density at radius 1 is 1.16 bits per heavy atom. The summed E-state index contributed by atoms with van der Waals surface area (Å²) in [7, 11) is 0. The number of imidazole rings is 1. The van der Waals surface area contributed by atoms with Crippen LogP contribution in [0.1, 0.15) is 12.5 Å². The van der Waals surface area contributed by atoms with Crippen molar-refractivity contribution in [2.45, 2.75) is 19.2 Å². The van der Waals surface area contributed by atoms with Crippen LogP contribution in [0.15, 0.2) is 55.4 Å². The lowest BCUT2D eigenvalue weighted by atomic mass is 10.2. The highest BCUT2D eigenvalue weighted by Gasteiger charge is 2.34. The van der Waals surface area contributed by atoms with E-state index < -0.39 is 28.8 Å². The van der Waals surface area contributed by atoms with E-state index in [0.717, 1.165) is 17.5 Å². The zero-order valence-corrected chi connectivity index (χ0v) is 17.1. The molecule has 4 rings (SSSR count). The van der Waals surface area contributed by atoms with Crippen LogP contribution in [-0.2, 0) is 11.0 Å². The average Bonchev–Trinajstić information content (AvgIpc) is 3.19. The molecule has 0 saturated carbocycles. The minimum atomic E-state index is -4.68. The molecule has 0 spiro atoms. The number of nitrogens with zero attached hydrogens (tertiary/aromatic N) is 5. The molecule has 1 amide bonds. The Hall–Kier alpha value is -3.73. The number of carbonyl (C=O) groups is 1. The molecule has 4 aromatic heterocycles. The lowest BCUT2D eigenvalue weighted by Crippen LogP contribution is -2.30. The smallest absolute Gasteiger partial charge is 0.418 e. The number of anilines is 1. The average molecular weight is 463 g/mol. The SMILES string of the molecule is CC(Oc1ccc(-c2cnc3cnccn23)cn1)C(=O)Nc1cc(C(F)(F)F)c(Cl)cn1. The second-order valence-corrected chi connectivity index (χ2v) is 7.04. The molecule has 0 aliphatic carbocycles. The molecule has 32 heavy (non-hydrogen) atoms. The number of halogens is 4. The van der Waals surface area contributed by atoms with Gasteiger partial charge in [0.05, 0.1) is 28.7 Å². The molecule has 0 fully saturated rings. The Kier molecular flexibility index (Phi) is 5.66. The molecule has 1 unspecified atom stereocenters. The van der Waals surface area contributed by atoms with Crippen molar-refractivity contribution in [3.05, 3.63) is 66.0 Å². The molecule has 0 bridgehead atoms. The summed E-state index contributed by atoms with van der Waals surface area (Å²) < 4.78 is 46.2. The first-order valence-electron chi connectivity index (χ1n) is 9.16. The first-order chi connectivity index (χ1) is 15.2. The van der Waals surface area contributed by atoms with Crippen LogP contribution in [0.25, 0.3) is 16.9 Å². The van der Waals surface area contributed by atoms with Crippen molar-refractivity contribution in [3.8, 4) is 17.1 Å². The maximum atomic E-state index is 13.0. The summed E-state index contributed by atoms with van der Waals surface area (Å²) in [5, 5.41) is 1.71. The fraction of sp³-hybridized carbons (Fsp3) is 0.150. The molecule has 0 aliphatic heterocycles. The van der Waals surface area contributed by atoms with Gasteiger partial charge in [0.15, 0.2) is 11.8 Å². The number of aromatic nitrogens is 5. The van der Waals surface area contributed by atoms with E-state index in [-0.39, 0.29) is 11.7 Å². The second kappa shape index (κ2) is 8.42. The molecule has 0 radical (unpaired) electrons. The quantitative estimate of drug-likeness (QED) is 0.476. The van der Waals surface area contributed by atoms with Crippen molar-refractivity contribution in [1.29, 1.82) is 0 Å². The lowest BCUT2D eigenvalue weighted by Gasteiger charge is -2.15. The van der Waals surface area contributed by atoms with E-state index in [0.29, 0.717) is 11.7 Å². The molecule has 164 valence electrons. The summed E-state index contributed by atoms with van der Waals surface area (Å²) in [6.07, 6.45) is 3.36. The number of hydrogen-bond acceptors (Lipinski definition) is 6. The molecular weight excluding hydrogens is 449 g/mol. The van der Waals surface area contributed by atoms with Crippen LogP contribution >= 0.6 is 11.6 Å². The van der Waals surface area contributed by atoms with E-state index in [1.54, 1.807) is 43.1 Å². The molecule has 1 atom stereocenters. The highest BCUT2D eigenvalue weighted by Crippen LogP contribution is 2.35. The number of fused-ring (bicyclic) bond motifs is 1. The van der Waals surface area contributed by atoms with Gasteiger partial charge in [0.25, 0.3) is 5.91 Å². The molecule has 4 heterocycles. The summed E-state index contributed by atoms with van der Waals surface area (Å²) in [5.41, 5.74) is 1.14. The zero-order chi connectivity index (χ0) is 22.9. The Labute approximate surface area is 184 Å². The summed E-state index contributed by atoms with van der Waals surface area (Å²) >= 11 is 5.53. The highest BCUT2D eigenvalue weighted by atomic mass is 35.5. The molecular formula is C20H14ClF3N6O2. The number of carbonyl (C=O) groups excluding carboxylic acids is 1. The molecule has 0 saturated heterocycles. The molecule has 4 aromatic rings. The van der Waals surface area contributed by atoms with Crippen LogP contribution in [0.5, 0.6) is 5.88 Å². The van der Waals surface area contributed by atoms with Gasteiger partial charge in [-0.15, -0.1) is 0 Å². The van der Waals surface area contributed by atoms with Crippen molar-refractivity contribution in [2.75, 3.05) is 5.32 Å². The van der Waals surface area contributed by atoms with Crippen LogP contribution in [0.4, 0.5) is 19.0 Å². The zero-order valence-electron chi connectivity index (χ0n) is 16.3. The Morgan fingerprint density at radius 3 is 2.69 bits per heavy atom. The van der Waals surface area contributed by atoms with E-state index in [4.69, 9.17) is 16.3 Å². The van der Waals surface area contributed by atoms with E-state index in [2.05, 4.69) is 25.3 Å². The highest BCUT2D eigenvalue weighted by molar-refractivity contribution is 6.31. The van der Waals surface area contributed by atoms with Gasteiger partial charge in [-0.2, -0.15) is 13.2 Å². The Balaban J connectivity index is 1.44. The number of ether oxygens (including phenoxy) is 1. The Bertz CT molecular complexity index is 1280. The van der Waals surface area contributed by atoms with Gasteiger partial charge >= 0.3 is 6.18 Å². The minimum absolute atomic E-state index is 0.159. The molecule has 0 aliphatic rings. The predicted molar refractivity (Wildman–Crippen MR) is 109 cm³/mol. The second-order valence-electron chi connectivity index (χ2n) is 6.63. The van der Waals surface area contributed by atoms with Gasteiger partial charge in [0.1, 0.15) is 5.82 Å². The van der Waals surface area contributed by atoms with Gasteiger partial charge in [-0.3, -0.25) is 14.2 Å². The lowest BCUT2D eigenvalue weighted by molar-refractivity contribution is -0.137. The van der Waals surface area contributed by atoms with Gasteiger partial charge < -0.3 is 10.1 Å². The molecule has 0 aromatic carbocycles. The largest absolute Gasteiger partial charge is 0.465 e. The van der Waals surface area contributed by atoms with Crippen molar-refractivity contribution < 1.29 is 22.7 Å². The van der Waals surface area contributed by atoms with Crippen molar-refractivity contribution in [2.24, 2.45) is 0 Å². The third kappa shape index (κ3) is 4.47. The fourth-order valence-electron chi connectivity index (χ4n) is 2.84. The number of rotatable bonds is 5. The first kappa shape index (κ1) is 21.5. The number of nitrogens with one attached hydrogen (secondary N) is 1. The predicted octanol–water partition coefficient (Wildman–Crippen LogP) is 4.26. The Morgan fingerprint density at radius 2 is 1.97 bits per heavy atom. The van der Waals surface area contributed by atoms with Gasteiger partial charge in [-0.25, -0.2) is 15.0 Å². The third-order valence-electron chi connectivity index (χ3n) is 4.43. The van der Waals surface area contributed by atoms with E-state index >= 15 is 0 Å². The summed E-state index contributed by atoms with van der Waals surface area (Å²) in [5.74, 6) is -0.840. The normalized spacial score (nSPS) is 12.5. The van der Waals surface area contributed by atoms with E-state index in [1.165, 1.54) is 6.92 Å². The van der Waals surface area contributed by atoms with Crippen LogP contribution in [0.3, 0.4) is 0 Å². The fourth-order valence-corrected chi connectivity index (χ4v) is 3.05. The minimum Gasteiger partial charge on any atom is -0.465 e.